The summed E-state index contributed by atoms with van der Waals surface area (Å²) >= 11 is 0. The third kappa shape index (κ3) is 5.11. The molecule has 0 saturated heterocycles. The van der Waals surface area contributed by atoms with Crippen molar-refractivity contribution in [3.05, 3.63) is 59.7 Å². The summed E-state index contributed by atoms with van der Waals surface area (Å²) in [6.07, 6.45) is 12.2. The van der Waals surface area contributed by atoms with E-state index in [0.717, 1.165) is 37.5 Å². The molecular weight excluding hydrogens is 392 g/mol. The zero-order valence-corrected chi connectivity index (χ0v) is 20.2. The molecule has 0 spiro atoms. The molecule has 2 heteroatoms. The van der Waals surface area contributed by atoms with E-state index in [2.05, 4.69) is 62.4 Å². The van der Waals surface area contributed by atoms with E-state index in [-0.39, 0.29) is 11.4 Å². The zero-order chi connectivity index (χ0) is 22.6. The van der Waals surface area contributed by atoms with Crippen molar-refractivity contribution < 1.29 is 9.53 Å². The summed E-state index contributed by atoms with van der Waals surface area (Å²) in [5.74, 6) is 2.21. The molecule has 32 heavy (non-hydrogen) atoms. The maximum absolute atomic E-state index is 12.1. The molecule has 0 unspecified atom stereocenters. The van der Waals surface area contributed by atoms with Gasteiger partial charge in [-0.05, 0) is 98.3 Å². The molecule has 0 heterocycles. The minimum atomic E-state index is -0.303. The fraction of sp³-hybridized carbons (Fsp3) is 0.567. The summed E-state index contributed by atoms with van der Waals surface area (Å²) in [5, 5.41) is 0. The van der Waals surface area contributed by atoms with Gasteiger partial charge in [0.1, 0.15) is 0 Å². The van der Waals surface area contributed by atoms with Gasteiger partial charge in [0.25, 0.3) is 0 Å². The third-order valence-corrected chi connectivity index (χ3v) is 8.41. The molecule has 2 fully saturated rings. The summed E-state index contributed by atoms with van der Waals surface area (Å²) in [5.41, 5.74) is 5.23. The summed E-state index contributed by atoms with van der Waals surface area (Å²) in [7, 11) is 1.50. The van der Waals surface area contributed by atoms with Crippen molar-refractivity contribution in [2.75, 3.05) is 7.11 Å². The lowest BCUT2D eigenvalue weighted by atomic mass is 9.70. The van der Waals surface area contributed by atoms with Crippen molar-refractivity contribution in [2.45, 2.75) is 89.9 Å². The van der Waals surface area contributed by atoms with Crippen molar-refractivity contribution in [2.24, 2.45) is 11.3 Å². The lowest BCUT2D eigenvalue weighted by Gasteiger charge is -2.35. The van der Waals surface area contributed by atoms with Gasteiger partial charge in [-0.1, -0.05) is 68.3 Å². The van der Waals surface area contributed by atoms with Crippen LogP contribution < -0.4 is 0 Å². The van der Waals surface area contributed by atoms with Crippen LogP contribution in [0.1, 0.15) is 101 Å². The summed E-state index contributed by atoms with van der Waals surface area (Å²) < 4.78 is 5.02. The van der Waals surface area contributed by atoms with E-state index in [0.29, 0.717) is 5.92 Å². The Labute approximate surface area is 194 Å². The second kappa shape index (κ2) is 10.2. The number of ether oxygens (including phenoxy) is 1. The Kier molecular flexibility index (Phi) is 7.38. The average molecular weight is 433 g/mol. The largest absolute Gasteiger partial charge is 0.469 e. The Morgan fingerprint density at radius 1 is 0.812 bits per heavy atom. The van der Waals surface area contributed by atoms with Crippen LogP contribution in [0.3, 0.4) is 0 Å². The van der Waals surface area contributed by atoms with Gasteiger partial charge in [-0.3, -0.25) is 4.79 Å². The first kappa shape index (κ1) is 23.1. The van der Waals surface area contributed by atoms with E-state index in [1.165, 1.54) is 67.9 Å². The van der Waals surface area contributed by atoms with E-state index < -0.39 is 0 Å². The Bertz CT molecular complexity index is 864. The maximum Gasteiger partial charge on any atom is 0.311 e. The Balaban J connectivity index is 1.35. The highest BCUT2D eigenvalue weighted by atomic mass is 16.5. The van der Waals surface area contributed by atoms with Crippen LogP contribution in [0.4, 0.5) is 0 Å². The van der Waals surface area contributed by atoms with Crippen LogP contribution in [0.25, 0.3) is 11.1 Å². The number of esters is 1. The first-order valence-electron chi connectivity index (χ1n) is 12.8. The van der Waals surface area contributed by atoms with Gasteiger partial charge in [0, 0.05) is 0 Å². The molecule has 2 nitrogen and oxygen atoms in total. The van der Waals surface area contributed by atoms with Crippen molar-refractivity contribution in [3.63, 3.8) is 0 Å². The summed E-state index contributed by atoms with van der Waals surface area (Å²) in [6, 6.07) is 18.5. The van der Waals surface area contributed by atoms with Crippen molar-refractivity contribution in [1.29, 1.82) is 0 Å². The third-order valence-electron chi connectivity index (χ3n) is 8.41. The van der Waals surface area contributed by atoms with Crippen LogP contribution in [-0.2, 0) is 9.53 Å². The Morgan fingerprint density at radius 3 is 1.72 bits per heavy atom. The molecule has 0 radical (unpaired) electrons. The Hall–Kier alpha value is -2.09. The van der Waals surface area contributed by atoms with E-state index in [1.54, 1.807) is 0 Å². The molecule has 0 bridgehead atoms. The minimum absolute atomic E-state index is 0.0521. The highest BCUT2D eigenvalue weighted by Crippen LogP contribution is 2.44. The summed E-state index contributed by atoms with van der Waals surface area (Å²) in [4.78, 5) is 12.1. The van der Waals surface area contributed by atoms with Gasteiger partial charge < -0.3 is 4.74 Å². The van der Waals surface area contributed by atoms with Crippen molar-refractivity contribution in [3.8, 4) is 11.1 Å². The topological polar surface area (TPSA) is 26.3 Å². The second-order valence-corrected chi connectivity index (χ2v) is 10.6. The van der Waals surface area contributed by atoms with E-state index >= 15 is 0 Å². The molecule has 0 N–H and O–H groups in total. The fourth-order valence-electron chi connectivity index (χ4n) is 6.13. The molecule has 2 aliphatic carbocycles. The molecule has 0 amide bonds. The predicted octanol–water partition coefficient (Wildman–Crippen LogP) is 8.26. The number of hydrogen-bond acceptors (Lipinski definition) is 2. The molecular formula is C30H40O2. The van der Waals surface area contributed by atoms with Gasteiger partial charge >= 0.3 is 5.97 Å². The molecule has 2 aromatic carbocycles. The number of carbonyl (C=O) groups is 1. The maximum atomic E-state index is 12.1. The fourth-order valence-corrected chi connectivity index (χ4v) is 6.13. The zero-order valence-electron chi connectivity index (χ0n) is 20.2. The van der Waals surface area contributed by atoms with Gasteiger partial charge in [-0.15, -0.1) is 0 Å². The van der Waals surface area contributed by atoms with Crippen molar-refractivity contribution in [1.82, 2.24) is 0 Å². The van der Waals surface area contributed by atoms with Gasteiger partial charge in [-0.25, -0.2) is 0 Å². The molecule has 2 saturated carbocycles. The first-order valence-corrected chi connectivity index (χ1v) is 12.8. The van der Waals surface area contributed by atoms with Crippen LogP contribution in [-0.4, -0.2) is 13.1 Å². The van der Waals surface area contributed by atoms with Gasteiger partial charge in [-0.2, -0.15) is 0 Å². The smallest absolute Gasteiger partial charge is 0.311 e. The number of benzene rings is 2. The van der Waals surface area contributed by atoms with Gasteiger partial charge in [0.2, 0.25) is 0 Å². The summed E-state index contributed by atoms with van der Waals surface area (Å²) in [6.45, 7) is 4.37. The number of carbonyl (C=O) groups excluding carboxylic acids is 1. The highest BCUT2D eigenvalue weighted by molar-refractivity contribution is 5.76. The normalized spacial score (nSPS) is 28.3. The minimum Gasteiger partial charge on any atom is -0.469 e. The highest BCUT2D eigenvalue weighted by Gasteiger charge is 2.38. The van der Waals surface area contributed by atoms with Gasteiger partial charge in [0.15, 0.2) is 0 Å². The quantitative estimate of drug-likeness (QED) is 0.429. The van der Waals surface area contributed by atoms with Crippen LogP contribution in [0.5, 0.6) is 0 Å². The molecule has 172 valence electrons. The molecule has 0 atom stereocenters. The molecule has 4 rings (SSSR count). The van der Waals surface area contributed by atoms with E-state index in [1.807, 2.05) is 0 Å². The number of methoxy groups -OCH3 is 1. The van der Waals surface area contributed by atoms with Crippen molar-refractivity contribution >= 4 is 5.97 Å². The first-order chi connectivity index (χ1) is 15.5. The SMILES string of the molecule is CCC[C@H]1CC[C@H](c2ccc(-c3ccc(C4CCC(C)(C(=O)OC)CC4)cc3)cc2)CC1. The number of rotatable bonds is 6. The molecule has 0 aromatic heterocycles. The van der Waals surface area contributed by atoms with Crippen LogP contribution in [0, 0.1) is 11.3 Å². The average Bonchev–Trinajstić information content (AvgIpc) is 2.85. The molecule has 2 aromatic rings. The monoisotopic (exact) mass is 432 g/mol. The van der Waals surface area contributed by atoms with Gasteiger partial charge in [0.05, 0.1) is 12.5 Å². The van der Waals surface area contributed by atoms with E-state index in [9.17, 15) is 4.79 Å². The Morgan fingerprint density at radius 2 is 1.28 bits per heavy atom. The lowest BCUT2D eigenvalue weighted by molar-refractivity contribution is -0.153. The predicted molar refractivity (Wildman–Crippen MR) is 133 cm³/mol. The van der Waals surface area contributed by atoms with Crippen LogP contribution in [0.2, 0.25) is 0 Å². The van der Waals surface area contributed by atoms with E-state index in [4.69, 9.17) is 4.74 Å². The van der Waals surface area contributed by atoms with Crippen LogP contribution >= 0.6 is 0 Å². The lowest BCUT2D eigenvalue weighted by Crippen LogP contribution is -2.33. The molecule has 2 aliphatic rings. The standard InChI is InChI=1S/C30H40O2/c1-4-5-22-6-8-23(9-7-22)24-10-12-25(13-11-24)26-14-16-27(17-15-26)28-18-20-30(2,21-19-28)29(31)32-3/h10-17,22-23,28H,4-9,18-21H2,1-3H3/t22-,23-,28?,30?. The second-order valence-electron chi connectivity index (χ2n) is 10.6. The van der Waals surface area contributed by atoms with Crippen LogP contribution in [0.15, 0.2) is 48.5 Å². The molecule has 0 aliphatic heterocycles. The number of hydrogen-bond donors (Lipinski definition) is 0.